The molecular weight excluding hydrogens is 379 g/mol. The van der Waals surface area contributed by atoms with Crippen LogP contribution >= 0.6 is 0 Å². The van der Waals surface area contributed by atoms with Crippen molar-refractivity contribution in [2.75, 3.05) is 23.8 Å². The highest BCUT2D eigenvalue weighted by Crippen LogP contribution is 2.30. The summed E-state index contributed by atoms with van der Waals surface area (Å²) in [5, 5.41) is 12.9. The highest BCUT2D eigenvalue weighted by atomic mass is 19.1. The van der Waals surface area contributed by atoms with Crippen LogP contribution in [0.15, 0.2) is 0 Å². The van der Waals surface area contributed by atoms with E-state index in [0.717, 1.165) is 38.5 Å². The second-order valence-electron chi connectivity index (χ2n) is 7.49. The monoisotopic (exact) mass is 410 g/mol. The van der Waals surface area contributed by atoms with E-state index in [0.29, 0.717) is 29.8 Å². The number of hydrazine groups is 1. The predicted octanol–water partition coefficient (Wildman–Crippen LogP) is 2.62. The summed E-state index contributed by atoms with van der Waals surface area (Å²) < 4.78 is 14.6. The number of halogens is 1. The van der Waals surface area contributed by atoms with E-state index in [9.17, 15) is 19.2 Å². The fraction of sp³-hybridized carbons (Fsp3) is 0.684. The zero-order chi connectivity index (χ0) is 21.2. The molecular formula is C19H31FN6O3. The molecule has 162 valence electrons. The number of hydrogen-bond acceptors (Lipinski definition) is 7. The quantitative estimate of drug-likeness (QED) is 0.181. The highest BCUT2D eigenvalue weighted by molar-refractivity contribution is 5.80. The molecule has 0 radical (unpaired) electrons. The van der Waals surface area contributed by atoms with Crippen molar-refractivity contribution in [3.63, 3.8) is 0 Å². The van der Waals surface area contributed by atoms with Crippen LogP contribution in [-0.2, 0) is 9.59 Å². The number of rotatable bonds is 12. The zero-order valence-corrected chi connectivity index (χ0v) is 17.1. The first-order chi connectivity index (χ1) is 13.9. The second kappa shape index (κ2) is 11.5. The van der Waals surface area contributed by atoms with Crippen molar-refractivity contribution in [2.24, 2.45) is 11.8 Å². The topological polar surface area (TPSA) is 119 Å². The summed E-state index contributed by atoms with van der Waals surface area (Å²) in [5.41, 5.74) is 4.99. The van der Waals surface area contributed by atoms with Crippen LogP contribution in [0.25, 0.3) is 0 Å². The predicted molar refractivity (Wildman–Crippen MR) is 107 cm³/mol. The number of unbranched alkanes of at least 4 members (excludes halogenated alkanes) is 1. The van der Waals surface area contributed by atoms with Gasteiger partial charge in [-0.25, -0.2) is 15.0 Å². The zero-order valence-electron chi connectivity index (χ0n) is 17.1. The summed E-state index contributed by atoms with van der Waals surface area (Å²) in [4.78, 5) is 31.5. The lowest BCUT2D eigenvalue weighted by Gasteiger charge is -2.22. The maximum absolute atomic E-state index is 14.6. The first-order valence-electron chi connectivity index (χ1n) is 10.2. The van der Waals surface area contributed by atoms with E-state index in [1.54, 1.807) is 6.92 Å². The summed E-state index contributed by atoms with van der Waals surface area (Å²) in [6.07, 6.45) is 6.94. The van der Waals surface area contributed by atoms with Crippen LogP contribution in [-0.4, -0.2) is 45.6 Å². The van der Waals surface area contributed by atoms with Gasteiger partial charge < -0.3 is 5.32 Å². The van der Waals surface area contributed by atoms with Gasteiger partial charge in [-0.05, 0) is 25.7 Å². The number of aromatic nitrogens is 2. The van der Waals surface area contributed by atoms with E-state index in [-0.39, 0.29) is 24.6 Å². The second-order valence-corrected chi connectivity index (χ2v) is 7.49. The molecule has 1 aromatic rings. The minimum atomic E-state index is -0.684. The molecule has 0 unspecified atom stereocenters. The minimum absolute atomic E-state index is 0.0766. The maximum Gasteiger partial charge on any atom is 0.243 e. The third-order valence-electron chi connectivity index (χ3n) is 5.08. The van der Waals surface area contributed by atoms with Gasteiger partial charge in [0.05, 0.1) is 12.5 Å². The smallest absolute Gasteiger partial charge is 0.243 e. The number of nitrogens with one attached hydrogen (secondary N) is 3. The Morgan fingerprint density at radius 2 is 2.03 bits per heavy atom. The molecule has 0 bridgehead atoms. The number of amides is 2. The Morgan fingerprint density at radius 1 is 1.34 bits per heavy atom. The van der Waals surface area contributed by atoms with E-state index in [1.807, 2.05) is 6.92 Å². The van der Waals surface area contributed by atoms with Crippen molar-refractivity contribution >= 4 is 24.0 Å². The van der Waals surface area contributed by atoms with E-state index in [4.69, 9.17) is 0 Å². The van der Waals surface area contributed by atoms with Gasteiger partial charge in [-0.2, -0.15) is 4.39 Å². The van der Waals surface area contributed by atoms with Crippen molar-refractivity contribution in [2.45, 2.75) is 58.8 Å². The van der Waals surface area contributed by atoms with Crippen LogP contribution in [0.4, 0.5) is 16.0 Å². The third kappa shape index (κ3) is 7.12. The highest BCUT2D eigenvalue weighted by Gasteiger charge is 2.27. The Kier molecular flexibility index (Phi) is 9.04. The van der Waals surface area contributed by atoms with Crippen molar-refractivity contribution < 1.29 is 19.2 Å². The largest absolute Gasteiger partial charge is 0.367 e. The molecule has 1 heterocycles. The van der Waals surface area contributed by atoms with Crippen molar-refractivity contribution in [1.29, 1.82) is 0 Å². The average molecular weight is 410 g/mol. The van der Waals surface area contributed by atoms with Gasteiger partial charge in [-0.1, -0.05) is 39.0 Å². The van der Waals surface area contributed by atoms with E-state index >= 15 is 0 Å². The molecule has 1 aliphatic carbocycles. The minimum Gasteiger partial charge on any atom is -0.367 e. The van der Waals surface area contributed by atoms with Crippen molar-refractivity contribution in [1.82, 2.24) is 20.5 Å². The molecule has 2 rings (SSSR count). The molecule has 0 saturated heterocycles. The molecule has 9 nitrogen and oxygen atoms in total. The van der Waals surface area contributed by atoms with Crippen LogP contribution in [0.2, 0.25) is 0 Å². The normalized spacial score (nSPS) is 15.0. The number of aryl methyl sites for hydroxylation is 1. The lowest BCUT2D eigenvalue weighted by atomic mass is 9.92. The number of hydroxylamine groups is 2. The van der Waals surface area contributed by atoms with Gasteiger partial charge in [0, 0.05) is 6.54 Å². The van der Waals surface area contributed by atoms with Gasteiger partial charge in [0.2, 0.25) is 18.1 Å². The van der Waals surface area contributed by atoms with Crippen LogP contribution in [0, 0.1) is 24.6 Å². The lowest BCUT2D eigenvalue weighted by molar-refractivity contribution is -0.154. The van der Waals surface area contributed by atoms with Gasteiger partial charge in [0.25, 0.3) is 0 Å². The molecule has 1 aliphatic rings. The number of carbonyl (C=O) groups is 2. The SMILES string of the molecule is CCCCNc1nc(C)nc(NNC(=O)[C@H](CC2CCCC2)CN(O)C=O)c1F. The van der Waals surface area contributed by atoms with E-state index in [2.05, 4.69) is 26.1 Å². The molecule has 0 spiro atoms. The van der Waals surface area contributed by atoms with Crippen LogP contribution in [0.3, 0.4) is 0 Å². The molecule has 0 aliphatic heterocycles. The van der Waals surface area contributed by atoms with Gasteiger partial charge in [0.15, 0.2) is 11.6 Å². The molecule has 29 heavy (non-hydrogen) atoms. The summed E-state index contributed by atoms with van der Waals surface area (Å²) in [5.74, 6) is -1.07. The molecule has 1 aromatic heterocycles. The number of hydrogen-bond donors (Lipinski definition) is 4. The summed E-state index contributed by atoms with van der Waals surface area (Å²) in [6.45, 7) is 4.12. The van der Waals surface area contributed by atoms with Crippen LogP contribution in [0.5, 0.6) is 0 Å². The third-order valence-corrected chi connectivity index (χ3v) is 5.08. The van der Waals surface area contributed by atoms with Crippen LogP contribution < -0.4 is 16.2 Å². The molecule has 4 N–H and O–H groups in total. The number of carbonyl (C=O) groups excluding carboxylic acids is 2. The molecule has 1 saturated carbocycles. The molecule has 1 atom stereocenters. The fourth-order valence-electron chi connectivity index (χ4n) is 3.55. The first-order valence-corrected chi connectivity index (χ1v) is 10.2. The summed E-state index contributed by atoms with van der Waals surface area (Å²) in [7, 11) is 0. The van der Waals surface area contributed by atoms with Gasteiger partial charge in [-0.15, -0.1) is 0 Å². The Hall–Kier alpha value is -2.49. The molecule has 2 amide bonds. The lowest BCUT2D eigenvalue weighted by Crippen LogP contribution is -2.41. The van der Waals surface area contributed by atoms with Crippen LogP contribution in [0.1, 0.15) is 57.7 Å². The first kappa shape index (κ1) is 22.8. The maximum atomic E-state index is 14.6. The van der Waals surface area contributed by atoms with Gasteiger partial charge in [0.1, 0.15) is 5.82 Å². The Bertz CT molecular complexity index is 684. The standard InChI is InChI=1S/C19H31FN6O3/c1-3-4-9-21-17-16(20)18(23-13(2)22-17)24-25-19(28)15(11-26(29)12-27)10-14-7-5-6-8-14/h12,14-15,29H,3-11H2,1-2H3,(H,25,28)(H2,21,22,23,24)/t15-/m1/s1. The Balaban J connectivity index is 2.02. The summed E-state index contributed by atoms with van der Waals surface area (Å²) >= 11 is 0. The Labute approximate surface area is 170 Å². The van der Waals surface area contributed by atoms with Gasteiger partial charge >= 0.3 is 0 Å². The van der Waals surface area contributed by atoms with Crippen molar-refractivity contribution in [3.8, 4) is 0 Å². The van der Waals surface area contributed by atoms with E-state index in [1.165, 1.54) is 0 Å². The molecule has 10 heteroatoms. The summed E-state index contributed by atoms with van der Waals surface area (Å²) in [6, 6.07) is 0. The number of anilines is 2. The van der Waals surface area contributed by atoms with E-state index < -0.39 is 17.6 Å². The Morgan fingerprint density at radius 3 is 2.69 bits per heavy atom. The van der Waals surface area contributed by atoms with Crippen molar-refractivity contribution in [3.05, 3.63) is 11.6 Å². The van der Waals surface area contributed by atoms with Gasteiger partial charge in [-0.3, -0.25) is 25.6 Å². The fourth-order valence-corrected chi connectivity index (χ4v) is 3.55. The average Bonchev–Trinajstić information content (AvgIpc) is 3.21. The molecule has 0 aromatic carbocycles. The number of nitrogens with zero attached hydrogens (tertiary/aromatic N) is 3. The molecule has 1 fully saturated rings.